The minimum atomic E-state index is -0.858. The van der Waals surface area contributed by atoms with Crippen molar-refractivity contribution in [2.45, 2.75) is 25.0 Å². The Morgan fingerprint density at radius 1 is 1.25 bits per heavy atom. The van der Waals surface area contributed by atoms with Crippen LogP contribution in [0, 0.1) is 5.41 Å². The number of carbonyl (C=O) groups excluding carboxylic acids is 2. The maximum atomic E-state index is 13.1. The molecule has 0 aliphatic carbocycles. The van der Waals surface area contributed by atoms with Crippen molar-refractivity contribution in [1.29, 1.82) is 0 Å². The number of ether oxygens (including phenoxy) is 1. The number of cyclic esters (lactones) is 1. The van der Waals surface area contributed by atoms with E-state index in [0.717, 1.165) is 0 Å². The molecule has 3 aliphatic heterocycles. The molecule has 2 aromatic heterocycles. The third-order valence-electron chi connectivity index (χ3n) is 6.58. The number of aliphatic hydroxyl groups excluding tert-OH is 2. The van der Waals surface area contributed by atoms with Crippen LogP contribution < -0.4 is 0 Å². The Bertz CT molecular complexity index is 1030. The molecule has 1 unspecified atom stereocenters. The third kappa shape index (κ3) is 3.55. The number of hydrogen-bond donors (Lipinski definition) is 2. The molecule has 1 amide bonds. The molecular weight excluding hydrogens is 418 g/mol. The van der Waals surface area contributed by atoms with Gasteiger partial charge in [0.2, 0.25) is 5.91 Å². The maximum Gasteiger partial charge on any atom is 0.333 e. The fourth-order valence-electron chi connectivity index (χ4n) is 4.64. The molecule has 168 valence electrons. The molecule has 32 heavy (non-hydrogen) atoms. The summed E-state index contributed by atoms with van der Waals surface area (Å²) in [7, 11) is 0. The van der Waals surface area contributed by atoms with Crippen LogP contribution in [-0.2, 0) is 14.3 Å². The molecule has 2 N–H and O–H groups in total. The minimum absolute atomic E-state index is 0.0614. The predicted octanol–water partition coefficient (Wildman–Crippen LogP) is -1.18. The molecular formula is C20H23N7O5. The SMILES string of the molecule is O=C1C=C(N2CC(O)C3(CCN(C[C@H](O)c4ccc(-n5cnnn5)nc4)CC3)C2=O)CO1. The van der Waals surface area contributed by atoms with Crippen molar-refractivity contribution >= 4 is 11.9 Å². The first-order valence-electron chi connectivity index (χ1n) is 10.4. The zero-order valence-corrected chi connectivity index (χ0v) is 17.2. The van der Waals surface area contributed by atoms with Crippen molar-refractivity contribution in [2.24, 2.45) is 5.41 Å². The van der Waals surface area contributed by atoms with E-state index in [9.17, 15) is 19.8 Å². The highest BCUT2D eigenvalue weighted by Crippen LogP contribution is 2.43. The van der Waals surface area contributed by atoms with Gasteiger partial charge in [0.15, 0.2) is 5.82 Å². The van der Waals surface area contributed by atoms with Gasteiger partial charge in [-0.15, -0.1) is 5.10 Å². The monoisotopic (exact) mass is 441 g/mol. The Morgan fingerprint density at radius 2 is 2.06 bits per heavy atom. The second-order valence-corrected chi connectivity index (χ2v) is 8.35. The number of likely N-dealkylation sites (tertiary alicyclic amines) is 2. The first kappa shape index (κ1) is 20.7. The molecule has 5 rings (SSSR count). The van der Waals surface area contributed by atoms with Crippen LogP contribution in [0.2, 0.25) is 0 Å². The van der Waals surface area contributed by atoms with Crippen LogP contribution in [0.15, 0.2) is 36.4 Å². The third-order valence-corrected chi connectivity index (χ3v) is 6.58. The number of aliphatic hydroxyl groups is 2. The van der Waals surface area contributed by atoms with Crippen LogP contribution in [0.25, 0.3) is 5.82 Å². The van der Waals surface area contributed by atoms with Crippen molar-refractivity contribution in [1.82, 2.24) is 35.0 Å². The summed E-state index contributed by atoms with van der Waals surface area (Å²) in [5, 5.41) is 32.3. The van der Waals surface area contributed by atoms with E-state index in [4.69, 9.17) is 4.74 Å². The number of β-amino-alcohol motifs (C(OH)–C–C–N with tert-alkyl or cyclic N) is 2. The first-order chi connectivity index (χ1) is 15.5. The van der Waals surface area contributed by atoms with Crippen LogP contribution >= 0.6 is 0 Å². The highest BCUT2D eigenvalue weighted by molar-refractivity contribution is 5.91. The Balaban J connectivity index is 1.20. The van der Waals surface area contributed by atoms with Gasteiger partial charge in [-0.05, 0) is 42.4 Å². The van der Waals surface area contributed by atoms with Gasteiger partial charge in [0.05, 0.1) is 29.9 Å². The van der Waals surface area contributed by atoms with Gasteiger partial charge >= 0.3 is 5.97 Å². The van der Waals surface area contributed by atoms with Crippen molar-refractivity contribution in [3.05, 3.63) is 42.0 Å². The molecule has 3 aliphatic rings. The van der Waals surface area contributed by atoms with E-state index in [0.29, 0.717) is 49.6 Å². The van der Waals surface area contributed by atoms with E-state index < -0.39 is 23.6 Å². The van der Waals surface area contributed by atoms with E-state index in [1.807, 2.05) is 0 Å². The Labute approximate surface area is 183 Å². The van der Waals surface area contributed by atoms with Crippen LogP contribution in [0.3, 0.4) is 0 Å². The Morgan fingerprint density at radius 3 is 2.69 bits per heavy atom. The number of amides is 1. The number of tetrazole rings is 1. The Kier molecular flexibility index (Phi) is 5.19. The molecule has 5 heterocycles. The summed E-state index contributed by atoms with van der Waals surface area (Å²) < 4.78 is 6.34. The fourth-order valence-corrected chi connectivity index (χ4v) is 4.64. The van der Waals surface area contributed by atoms with Gasteiger partial charge in [0, 0.05) is 24.4 Å². The number of esters is 1. The largest absolute Gasteiger partial charge is 0.456 e. The average molecular weight is 441 g/mol. The van der Waals surface area contributed by atoms with E-state index in [-0.39, 0.29) is 19.1 Å². The highest BCUT2D eigenvalue weighted by atomic mass is 16.5. The van der Waals surface area contributed by atoms with E-state index >= 15 is 0 Å². The van der Waals surface area contributed by atoms with Gasteiger partial charge in [0.1, 0.15) is 12.9 Å². The molecule has 0 bridgehead atoms. The van der Waals surface area contributed by atoms with Gasteiger partial charge in [0.25, 0.3) is 0 Å². The standard InChI is InChI=1S/C20H23N7O5/c28-15(13-1-2-17(21-8-13)27-12-22-23-24-27)9-25-5-3-20(4-6-25)16(29)10-26(19(20)31)14-7-18(30)32-11-14/h1-2,7-8,12,15-16,28-29H,3-6,9-11H2/t15-,16?/m0/s1. The molecule has 0 saturated carbocycles. The van der Waals surface area contributed by atoms with Crippen molar-refractivity contribution in [3.8, 4) is 5.82 Å². The number of hydrogen-bond acceptors (Lipinski definition) is 10. The van der Waals surface area contributed by atoms with Crippen LogP contribution in [-0.4, -0.2) is 96.0 Å². The molecule has 0 radical (unpaired) electrons. The molecule has 1 spiro atoms. The summed E-state index contributed by atoms with van der Waals surface area (Å²) in [5.41, 5.74) is 0.317. The fraction of sp³-hybridized carbons (Fsp3) is 0.500. The average Bonchev–Trinajstić information content (AvgIpc) is 3.53. The molecule has 12 heteroatoms. The number of pyridine rings is 1. The number of carbonyl (C=O) groups is 2. The lowest BCUT2D eigenvalue weighted by Gasteiger charge is -2.40. The van der Waals surface area contributed by atoms with Crippen LogP contribution in [0.4, 0.5) is 0 Å². The van der Waals surface area contributed by atoms with E-state index in [1.165, 1.54) is 22.0 Å². The topological polar surface area (TPSA) is 147 Å². The number of nitrogens with zero attached hydrogens (tertiary/aromatic N) is 7. The van der Waals surface area contributed by atoms with Gasteiger partial charge in [-0.2, -0.15) is 4.68 Å². The number of piperidine rings is 1. The van der Waals surface area contributed by atoms with Crippen molar-refractivity contribution in [2.75, 3.05) is 32.8 Å². The molecule has 2 saturated heterocycles. The van der Waals surface area contributed by atoms with Gasteiger partial charge in [-0.3, -0.25) is 4.79 Å². The lowest BCUT2D eigenvalue weighted by molar-refractivity contribution is -0.141. The normalized spacial score (nSPS) is 24.1. The minimum Gasteiger partial charge on any atom is -0.456 e. The summed E-state index contributed by atoms with van der Waals surface area (Å²) in [6.45, 7) is 1.76. The molecule has 12 nitrogen and oxygen atoms in total. The van der Waals surface area contributed by atoms with Gasteiger partial charge in [-0.25, -0.2) is 9.78 Å². The summed E-state index contributed by atoms with van der Waals surface area (Å²) in [6.07, 6.45) is 3.76. The smallest absolute Gasteiger partial charge is 0.333 e. The summed E-state index contributed by atoms with van der Waals surface area (Å²) in [5.74, 6) is -0.0710. The highest BCUT2D eigenvalue weighted by Gasteiger charge is 2.55. The molecule has 0 aromatic carbocycles. The summed E-state index contributed by atoms with van der Waals surface area (Å²) in [4.78, 5) is 32.3. The van der Waals surface area contributed by atoms with Gasteiger partial charge < -0.3 is 24.7 Å². The second kappa shape index (κ2) is 8.04. The summed E-state index contributed by atoms with van der Waals surface area (Å²) in [6, 6.07) is 3.51. The van der Waals surface area contributed by atoms with Crippen LogP contribution in [0.1, 0.15) is 24.5 Å². The van der Waals surface area contributed by atoms with E-state index in [2.05, 4.69) is 25.4 Å². The zero-order chi connectivity index (χ0) is 22.3. The molecule has 2 fully saturated rings. The first-order valence-corrected chi connectivity index (χ1v) is 10.4. The van der Waals surface area contributed by atoms with E-state index in [1.54, 1.807) is 18.3 Å². The zero-order valence-electron chi connectivity index (χ0n) is 17.2. The van der Waals surface area contributed by atoms with Gasteiger partial charge in [-0.1, -0.05) is 6.07 Å². The summed E-state index contributed by atoms with van der Waals surface area (Å²) >= 11 is 0. The second-order valence-electron chi connectivity index (χ2n) is 8.35. The maximum absolute atomic E-state index is 13.1. The van der Waals surface area contributed by atoms with Crippen molar-refractivity contribution in [3.63, 3.8) is 0 Å². The lowest BCUT2D eigenvalue weighted by atomic mass is 9.75. The van der Waals surface area contributed by atoms with Crippen molar-refractivity contribution < 1.29 is 24.5 Å². The number of rotatable bonds is 5. The predicted molar refractivity (Wildman–Crippen MR) is 107 cm³/mol. The molecule has 2 atom stereocenters. The molecule has 2 aromatic rings. The quantitative estimate of drug-likeness (QED) is 0.543. The van der Waals surface area contributed by atoms with Crippen LogP contribution in [0.5, 0.6) is 0 Å². The number of aromatic nitrogens is 5. The lowest BCUT2D eigenvalue weighted by Crippen LogP contribution is -2.49. The Hall–Kier alpha value is -3.22.